The van der Waals surface area contributed by atoms with Gasteiger partial charge >= 0.3 is 0 Å². The van der Waals surface area contributed by atoms with Gasteiger partial charge in [0.1, 0.15) is 0 Å². The number of piperidine rings is 1. The first-order valence-corrected chi connectivity index (χ1v) is 11.6. The average molecular weight is 414 g/mol. The fraction of sp³-hybridized carbons (Fsp3) is 0.667. The Bertz CT molecular complexity index is 803. The summed E-state index contributed by atoms with van der Waals surface area (Å²) in [6.07, 6.45) is 6.69. The van der Waals surface area contributed by atoms with E-state index < -0.39 is 0 Å². The number of nitrogens with zero attached hydrogens (tertiary/aromatic N) is 2. The Morgan fingerprint density at radius 1 is 1.20 bits per heavy atom. The van der Waals surface area contributed by atoms with E-state index >= 15 is 0 Å². The highest BCUT2D eigenvalue weighted by molar-refractivity contribution is 5.91. The van der Waals surface area contributed by atoms with Gasteiger partial charge in [-0.15, -0.1) is 0 Å². The molecule has 2 amide bonds. The monoisotopic (exact) mass is 413 g/mol. The predicted octanol–water partition coefficient (Wildman–Crippen LogP) is 3.47. The molecule has 1 spiro atoms. The minimum atomic E-state index is -0.268. The average Bonchev–Trinajstić information content (AvgIpc) is 3.04. The number of carbonyl (C=O) groups excluding carboxylic acids is 2. The van der Waals surface area contributed by atoms with Crippen molar-refractivity contribution in [1.82, 2.24) is 4.90 Å². The van der Waals surface area contributed by atoms with Crippen molar-refractivity contribution < 1.29 is 14.7 Å². The minimum Gasteiger partial charge on any atom is -0.393 e. The standard InChI is InChI=1S/C24H35N3O3/c1-3-22(29)25-18-5-10-21(17(2)15-18)26-13-4-11-24(16-26)12-14-27(23(24)30)19-6-8-20(28)9-7-19/h5,10,15,19-20,28H,3-4,6-9,11-14,16H2,1-2H3,(H,25,29)/t19?,20?,24-/m1/s1. The number of hydrogen-bond donors (Lipinski definition) is 2. The number of likely N-dealkylation sites (tertiary alicyclic amines) is 1. The SMILES string of the molecule is CCC(=O)Nc1ccc(N2CCC[C@@]3(CCN(C4CCC(O)CC4)C3=O)C2)c(C)c1. The summed E-state index contributed by atoms with van der Waals surface area (Å²) in [5.41, 5.74) is 2.85. The summed E-state index contributed by atoms with van der Waals surface area (Å²) in [7, 11) is 0. The second-order valence-electron chi connectivity index (χ2n) is 9.42. The van der Waals surface area contributed by atoms with Gasteiger partial charge in [0.15, 0.2) is 0 Å². The molecule has 3 aliphatic rings. The first kappa shape index (κ1) is 21.2. The van der Waals surface area contributed by atoms with Crippen molar-refractivity contribution in [2.45, 2.75) is 77.4 Å². The molecular weight excluding hydrogens is 378 g/mol. The maximum atomic E-state index is 13.5. The molecule has 4 rings (SSSR count). The Hall–Kier alpha value is -2.08. The molecule has 6 nitrogen and oxygen atoms in total. The highest BCUT2D eigenvalue weighted by Gasteiger charge is 2.50. The van der Waals surface area contributed by atoms with Gasteiger partial charge in [0.25, 0.3) is 0 Å². The third-order valence-electron chi connectivity index (χ3n) is 7.37. The van der Waals surface area contributed by atoms with Gasteiger partial charge < -0.3 is 20.2 Å². The molecule has 0 aromatic heterocycles. The highest BCUT2D eigenvalue weighted by Crippen LogP contribution is 2.44. The number of rotatable bonds is 4. The molecule has 1 atom stereocenters. The Labute approximate surface area is 179 Å². The van der Waals surface area contributed by atoms with E-state index in [1.165, 1.54) is 0 Å². The molecule has 30 heavy (non-hydrogen) atoms. The Morgan fingerprint density at radius 3 is 2.67 bits per heavy atom. The molecule has 2 saturated heterocycles. The van der Waals surface area contributed by atoms with E-state index in [1.54, 1.807) is 0 Å². The lowest BCUT2D eigenvalue weighted by atomic mass is 9.78. The van der Waals surface area contributed by atoms with Crippen molar-refractivity contribution in [2.24, 2.45) is 5.41 Å². The molecule has 1 saturated carbocycles. The highest BCUT2D eigenvalue weighted by atomic mass is 16.3. The van der Waals surface area contributed by atoms with Crippen LogP contribution in [0.2, 0.25) is 0 Å². The topological polar surface area (TPSA) is 72.9 Å². The molecule has 2 heterocycles. The van der Waals surface area contributed by atoms with Crippen molar-refractivity contribution in [3.05, 3.63) is 23.8 Å². The Kier molecular flexibility index (Phi) is 6.05. The first-order chi connectivity index (χ1) is 14.4. The summed E-state index contributed by atoms with van der Waals surface area (Å²) in [5.74, 6) is 0.351. The predicted molar refractivity (Wildman–Crippen MR) is 119 cm³/mol. The minimum absolute atomic E-state index is 0.0194. The summed E-state index contributed by atoms with van der Waals surface area (Å²) in [5, 5.41) is 12.7. The molecule has 3 fully saturated rings. The first-order valence-electron chi connectivity index (χ1n) is 11.6. The fourth-order valence-electron chi connectivity index (χ4n) is 5.62. The lowest BCUT2D eigenvalue weighted by Crippen LogP contribution is -2.50. The largest absolute Gasteiger partial charge is 0.393 e. The summed E-state index contributed by atoms with van der Waals surface area (Å²) >= 11 is 0. The summed E-state index contributed by atoms with van der Waals surface area (Å²) in [6, 6.07) is 6.38. The number of anilines is 2. The Morgan fingerprint density at radius 2 is 1.97 bits per heavy atom. The van der Waals surface area contributed by atoms with Crippen LogP contribution >= 0.6 is 0 Å². The zero-order valence-corrected chi connectivity index (χ0v) is 18.3. The van der Waals surface area contributed by atoms with E-state index in [9.17, 15) is 14.7 Å². The molecular formula is C24H35N3O3. The van der Waals surface area contributed by atoms with Crippen LogP contribution in [0.4, 0.5) is 11.4 Å². The maximum absolute atomic E-state index is 13.5. The van der Waals surface area contributed by atoms with Crippen LogP contribution in [-0.2, 0) is 9.59 Å². The van der Waals surface area contributed by atoms with Crippen LogP contribution < -0.4 is 10.2 Å². The van der Waals surface area contributed by atoms with Crippen LogP contribution in [0.3, 0.4) is 0 Å². The van der Waals surface area contributed by atoms with Crippen molar-refractivity contribution in [1.29, 1.82) is 0 Å². The Balaban J connectivity index is 1.47. The molecule has 0 bridgehead atoms. The van der Waals surface area contributed by atoms with Crippen LogP contribution in [-0.4, -0.2) is 53.6 Å². The lowest BCUT2D eigenvalue weighted by Gasteiger charge is -2.42. The van der Waals surface area contributed by atoms with Gasteiger partial charge in [-0.05, 0) is 75.6 Å². The molecule has 0 unspecified atom stereocenters. The summed E-state index contributed by atoms with van der Waals surface area (Å²) < 4.78 is 0. The molecule has 2 N–H and O–H groups in total. The normalized spacial score (nSPS) is 29.5. The van der Waals surface area contributed by atoms with Crippen molar-refractivity contribution >= 4 is 23.2 Å². The van der Waals surface area contributed by atoms with Crippen molar-refractivity contribution in [3.63, 3.8) is 0 Å². The zero-order chi connectivity index (χ0) is 21.3. The third-order valence-corrected chi connectivity index (χ3v) is 7.37. The van der Waals surface area contributed by atoms with Crippen LogP contribution in [0, 0.1) is 12.3 Å². The molecule has 6 heteroatoms. The van der Waals surface area contributed by atoms with Gasteiger partial charge in [-0.1, -0.05) is 6.92 Å². The van der Waals surface area contributed by atoms with Gasteiger partial charge in [0, 0.05) is 43.5 Å². The maximum Gasteiger partial charge on any atom is 0.230 e. The van der Waals surface area contributed by atoms with Crippen LogP contribution in [0.25, 0.3) is 0 Å². The van der Waals surface area contributed by atoms with E-state index in [1.807, 2.05) is 19.1 Å². The van der Waals surface area contributed by atoms with E-state index in [0.29, 0.717) is 18.4 Å². The number of aryl methyl sites for hydroxylation is 1. The number of hydrogen-bond acceptors (Lipinski definition) is 4. The molecule has 1 aromatic rings. The summed E-state index contributed by atoms with van der Waals surface area (Å²) in [4.78, 5) is 29.7. The van der Waals surface area contributed by atoms with Gasteiger partial charge in [-0.3, -0.25) is 9.59 Å². The molecule has 2 aliphatic heterocycles. The number of carbonyl (C=O) groups is 2. The second kappa shape index (κ2) is 8.58. The fourth-order valence-corrected chi connectivity index (χ4v) is 5.62. The lowest BCUT2D eigenvalue weighted by molar-refractivity contribution is -0.139. The van der Waals surface area contributed by atoms with Gasteiger partial charge in [0.2, 0.25) is 11.8 Å². The van der Waals surface area contributed by atoms with E-state index in [-0.39, 0.29) is 17.4 Å². The van der Waals surface area contributed by atoms with Crippen LogP contribution in [0.15, 0.2) is 18.2 Å². The second-order valence-corrected chi connectivity index (χ2v) is 9.42. The molecule has 0 radical (unpaired) electrons. The van der Waals surface area contributed by atoms with Crippen LogP contribution in [0.1, 0.15) is 63.9 Å². The number of nitrogens with one attached hydrogen (secondary N) is 1. The van der Waals surface area contributed by atoms with E-state index in [4.69, 9.17) is 0 Å². The quantitative estimate of drug-likeness (QED) is 0.793. The number of aliphatic hydroxyl groups excluding tert-OH is 1. The van der Waals surface area contributed by atoms with Crippen molar-refractivity contribution in [2.75, 3.05) is 29.9 Å². The van der Waals surface area contributed by atoms with E-state index in [0.717, 1.165) is 81.5 Å². The van der Waals surface area contributed by atoms with Gasteiger partial charge in [-0.2, -0.15) is 0 Å². The van der Waals surface area contributed by atoms with Crippen LogP contribution in [0.5, 0.6) is 0 Å². The number of benzene rings is 1. The summed E-state index contributed by atoms with van der Waals surface area (Å²) in [6.45, 7) is 6.52. The molecule has 1 aliphatic carbocycles. The van der Waals surface area contributed by atoms with E-state index in [2.05, 4.69) is 28.1 Å². The molecule has 164 valence electrons. The van der Waals surface area contributed by atoms with Crippen molar-refractivity contribution in [3.8, 4) is 0 Å². The smallest absolute Gasteiger partial charge is 0.230 e. The van der Waals surface area contributed by atoms with Gasteiger partial charge in [-0.25, -0.2) is 0 Å². The number of aliphatic hydroxyl groups is 1. The molecule has 1 aromatic carbocycles. The zero-order valence-electron chi connectivity index (χ0n) is 18.3. The van der Waals surface area contributed by atoms with Gasteiger partial charge in [0.05, 0.1) is 11.5 Å². The number of amides is 2. The third kappa shape index (κ3) is 4.07.